The lowest BCUT2D eigenvalue weighted by atomic mass is 10.2. The van der Waals surface area contributed by atoms with Crippen molar-refractivity contribution in [2.24, 2.45) is 5.73 Å². The van der Waals surface area contributed by atoms with Gasteiger partial charge in [0.1, 0.15) is 11.3 Å². The van der Waals surface area contributed by atoms with Gasteiger partial charge in [0.15, 0.2) is 5.58 Å². The number of fused-ring (bicyclic) bond motifs is 1. The van der Waals surface area contributed by atoms with Crippen molar-refractivity contribution in [2.45, 2.75) is 6.42 Å². The van der Waals surface area contributed by atoms with E-state index in [2.05, 4.69) is 4.98 Å². The number of hydrogen-bond acceptors (Lipinski definition) is 4. The van der Waals surface area contributed by atoms with Crippen LogP contribution >= 0.6 is 12.2 Å². The van der Waals surface area contributed by atoms with Crippen LogP contribution in [-0.2, 0) is 0 Å². The van der Waals surface area contributed by atoms with Crippen LogP contribution in [0.5, 0.6) is 5.75 Å². The molecule has 106 valence electrons. The van der Waals surface area contributed by atoms with Crippen LogP contribution in [0.25, 0.3) is 22.6 Å². The lowest BCUT2D eigenvalue weighted by Gasteiger charge is -2.04. The number of rotatable bonds is 5. The van der Waals surface area contributed by atoms with E-state index in [0.717, 1.165) is 16.8 Å². The Kier molecular flexibility index (Phi) is 3.83. The molecule has 0 atom stereocenters. The SMILES string of the molecule is NC(=S)CCOc1ccc2nc(-c3ccccc3)oc2c1. The van der Waals surface area contributed by atoms with Crippen molar-refractivity contribution in [1.82, 2.24) is 4.98 Å². The third-order valence-corrected chi connectivity index (χ3v) is 3.20. The largest absolute Gasteiger partial charge is 0.493 e. The number of ether oxygens (including phenoxy) is 1. The quantitative estimate of drug-likeness (QED) is 0.730. The highest BCUT2D eigenvalue weighted by Gasteiger charge is 2.08. The maximum Gasteiger partial charge on any atom is 0.227 e. The van der Waals surface area contributed by atoms with Gasteiger partial charge in [-0.15, -0.1) is 0 Å². The Hall–Kier alpha value is -2.40. The molecule has 3 rings (SSSR count). The Morgan fingerprint density at radius 1 is 1.19 bits per heavy atom. The van der Waals surface area contributed by atoms with Crippen molar-refractivity contribution in [3.05, 3.63) is 48.5 Å². The van der Waals surface area contributed by atoms with Crippen LogP contribution < -0.4 is 10.5 Å². The van der Waals surface area contributed by atoms with Gasteiger partial charge in [0.05, 0.1) is 11.6 Å². The molecule has 0 bridgehead atoms. The summed E-state index contributed by atoms with van der Waals surface area (Å²) in [5.74, 6) is 1.32. The number of nitrogens with zero attached hydrogens (tertiary/aromatic N) is 1. The summed E-state index contributed by atoms with van der Waals surface area (Å²) in [7, 11) is 0. The molecule has 0 saturated carbocycles. The number of hydrogen-bond donors (Lipinski definition) is 1. The van der Waals surface area contributed by atoms with Crippen molar-refractivity contribution >= 4 is 28.3 Å². The first-order chi connectivity index (χ1) is 10.2. The number of nitrogens with two attached hydrogens (primary N) is 1. The van der Waals surface area contributed by atoms with E-state index in [0.29, 0.717) is 29.5 Å². The average Bonchev–Trinajstić information content (AvgIpc) is 2.91. The van der Waals surface area contributed by atoms with E-state index in [9.17, 15) is 0 Å². The number of oxazole rings is 1. The molecule has 4 nitrogen and oxygen atoms in total. The lowest BCUT2D eigenvalue weighted by Crippen LogP contribution is -2.12. The second kappa shape index (κ2) is 5.93. The highest BCUT2D eigenvalue weighted by atomic mass is 32.1. The van der Waals surface area contributed by atoms with Crippen molar-refractivity contribution in [1.29, 1.82) is 0 Å². The van der Waals surface area contributed by atoms with E-state index in [1.807, 2.05) is 48.5 Å². The Bertz CT molecular complexity index is 768. The van der Waals surface area contributed by atoms with Crippen LogP contribution in [0.2, 0.25) is 0 Å². The summed E-state index contributed by atoms with van der Waals surface area (Å²) in [6.45, 7) is 0.459. The fraction of sp³-hybridized carbons (Fsp3) is 0.125. The zero-order valence-corrected chi connectivity index (χ0v) is 12.1. The zero-order chi connectivity index (χ0) is 14.7. The van der Waals surface area contributed by atoms with Crippen LogP contribution in [0.15, 0.2) is 52.9 Å². The Balaban J connectivity index is 1.83. The molecule has 0 aliphatic heterocycles. The van der Waals surface area contributed by atoms with Crippen LogP contribution in [0.1, 0.15) is 6.42 Å². The molecule has 0 unspecified atom stereocenters. The molecule has 2 N–H and O–H groups in total. The van der Waals surface area contributed by atoms with Gasteiger partial charge in [0, 0.05) is 18.1 Å². The third kappa shape index (κ3) is 3.20. The molecule has 3 aromatic rings. The standard InChI is InChI=1S/C16H14N2O2S/c17-15(21)8-9-19-12-6-7-13-14(10-12)20-16(18-13)11-4-2-1-3-5-11/h1-7,10H,8-9H2,(H2,17,21). The molecule has 1 heterocycles. The summed E-state index contributed by atoms with van der Waals surface area (Å²) in [6.07, 6.45) is 0.555. The first kappa shape index (κ1) is 13.6. The maximum absolute atomic E-state index is 5.78. The summed E-state index contributed by atoms with van der Waals surface area (Å²) in [5, 5.41) is 0. The van der Waals surface area contributed by atoms with Gasteiger partial charge in [-0.05, 0) is 24.3 Å². The molecule has 0 aliphatic carbocycles. The Morgan fingerprint density at radius 3 is 2.76 bits per heavy atom. The topological polar surface area (TPSA) is 61.3 Å². The average molecular weight is 298 g/mol. The second-order valence-corrected chi connectivity index (χ2v) is 5.10. The van der Waals surface area contributed by atoms with Crippen LogP contribution in [0.4, 0.5) is 0 Å². The summed E-state index contributed by atoms with van der Waals surface area (Å²) in [4.78, 5) is 4.92. The lowest BCUT2D eigenvalue weighted by molar-refractivity contribution is 0.329. The van der Waals surface area contributed by atoms with Crippen LogP contribution in [-0.4, -0.2) is 16.6 Å². The Morgan fingerprint density at radius 2 is 2.00 bits per heavy atom. The van der Waals surface area contributed by atoms with Gasteiger partial charge < -0.3 is 14.9 Å². The maximum atomic E-state index is 5.78. The van der Waals surface area contributed by atoms with Crippen LogP contribution in [0.3, 0.4) is 0 Å². The van der Waals surface area contributed by atoms with E-state index in [-0.39, 0.29) is 0 Å². The summed E-state index contributed by atoms with van der Waals surface area (Å²) in [6, 6.07) is 15.4. The van der Waals surface area contributed by atoms with E-state index >= 15 is 0 Å². The molecule has 1 aromatic heterocycles. The second-order valence-electron chi connectivity index (χ2n) is 4.58. The van der Waals surface area contributed by atoms with Crippen molar-refractivity contribution < 1.29 is 9.15 Å². The molecule has 0 spiro atoms. The van der Waals surface area contributed by atoms with Crippen molar-refractivity contribution in [2.75, 3.05) is 6.61 Å². The van der Waals surface area contributed by atoms with Crippen molar-refractivity contribution in [3.63, 3.8) is 0 Å². The molecule has 5 heteroatoms. The molecule has 0 fully saturated rings. The fourth-order valence-electron chi connectivity index (χ4n) is 1.97. The fourth-order valence-corrected chi connectivity index (χ4v) is 2.05. The number of benzene rings is 2. The number of aromatic nitrogens is 1. The summed E-state index contributed by atoms with van der Waals surface area (Å²) < 4.78 is 11.4. The van der Waals surface area contributed by atoms with Gasteiger partial charge in [-0.3, -0.25) is 0 Å². The zero-order valence-electron chi connectivity index (χ0n) is 11.3. The third-order valence-electron chi connectivity index (χ3n) is 3.00. The molecular formula is C16H14N2O2S. The number of thiocarbonyl (C=S) groups is 1. The minimum Gasteiger partial charge on any atom is -0.493 e. The molecule has 0 amide bonds. The van der Waals surface area contributed by atoms with Gasteiger partial charge in [0.25, 0.3) is 0 Å². The van der Waals surface area contributed by atoms with Crippen molar-refractivity contribution in [3.8, 4) is 17.2 Å². The molecule has 2 aromatic carbocycles. The van der Waals surface area contributed by atoms with Crippen LogP contribution in [0, 0.1) is 0 Å². The molecule has 0 aliphatic rings. The van der Waals surface area contributed by atoms with E-state index in [1.54, 1.807) is 0 Å². The van der Waals surface area contributed by atoms with E-state index in [1.165, 1.54) is 0 Å². The summed E-state index contributed by atoms with van der Waals surface area (Å²) >= 11 is 4.81. The minimum absolute atomic E-state index is 0.446. The van der Waals surface area contributed by atoms with Gasteiger partial charge in [-0.1, -0.05) is 30.4 Å². The predicted molar refractivity (Wildman–Crippen MR) is 86.3 cm³/mol. The molecular weight excluding hydrogens is 284 g/mol. The molecule has 0 radical (unpaired) electrons. The Labute approximate surface area is 127 Å². The molecule has 0 saturated heterocycles. The monoisotopic (exact) mass is 298 g/mol. The van der Waals surface area contributed by atoms with E-state index in [4.69, 9.17) is 27.1 Å². The predicted octanol–water partition coefficient (Wildman–Crippen LogP) is 3.55. The first-order valence-corrected chi connectivity index (χ1v) is 7.00. The first-order valence-electron chi connectivity index (χ1n) is 6.59. The van der Waals surface area contributed by atoms with Gasteiger partial charge >= 0.3 is 0 Å². The highest BCUT2D eigenvalue weighted by molar-refractivity contribution is 7.80. The highest BCUT2D eigenvalue weighted by Crippen LogP contribution is 2.26. The minimum atomic E-state index is 0.446. The van der Waals surface area contributed by atoms with Gasteiger partial charge in [-0.25, -0.2) is 4.98 Å². The van der Waals surface area contributed by atoms with Gasteiger partial charge in [-0.2, -0.15) is 0 Å². The molecule has 21 heavy (non-hydrogen) atoms. The smallest absolute Gasteiger partial charge is 0.227 e. The van der Waals surface area contributed by atoms with Gasteiger partial charge in [0.2, 0.25) is 5.89 Å². The summed E-state index contributed by atoms with van der Waals surface area (Å²) in [5.41, 5.74) is 7.88. The van der Waals surface area contributed by atoms with E-state index < -0.39 is 0 Å². The normalized spacial score (nSPS) is 10.7.